The van der Waals surface area contributed by atoms with E-state index in [0.29, 0.717) is 12.5 Å². The van der Waals surface area contributed by atoms with Gasteiger partial charge in [-0.25, -0.2) is 0 Å². The lowest BCUT2D eigenvalue weighted by Crippen LogP contribution is -2.05. The third-order valence-electron chi connectivity index (χ3n) is 2.91. The minimum atomic E-state index is -0.548. The topological polar surface area (TPSA) is 50.9 Å². The monoisotopic (exact) mass is 245 g/mol. The molecule has 0 aliphatic rings. The van der Waals surface area contributed by atoms with Crippen LogP contribution in [0.25, 0.3) is 0 Å². The van der Waals surface area contributed by atoms with Crippen LogP contribution in [-0.2, 0) is 6.42 Å². The van der Waals surface area contributed by atoms with Crippen LogP contribution in [0.2, 0.25) is 0 Å². The molecule has 2 aromatic heterocycles. The maximum atomic E-state index is 10.1. The Hall–Kier alpha value is -1.68. The number of aryl methyl sites for hydroxylation is 1. The second-order valence-corrected chi connectivity index (χ2v) is 4.83. The van der Waals surface area contributed by atoms with Crippen LogP contribution in [0.3, 0.4) is 0 Å². The third kappa shape index (κ3) is 2.96. The van der Waals surface area contributed by atoms with Crippen molar-refractivity contribution in [2.75, 3.05) is 0 Å². The van der Waals surface area contributed by atoms with Gasteiger partial charge in [-0.3, -0.25) is 9.67 Å². The van der Waals surface area contributed by atoms with Gasteiger partial charge in [0.05, 0.1) is 11.8 Å². The standard InChI is InChI=1S/C14H19N3O/c1-10(2)17-7-6-13(16-17)8-14(18)12-5-4-11(3)15-9-12/h4-7,9-10,14,18H,8H2,1-3H3. The Kier molecular flexibility index (Phi) is 3.77. The summed E-state index contributed by atoms with van der Waals surface area (Å²) in [5.41, 5.74) is 2.69. The molecule has 0 saturated heterocycles. The second kappa shape index (κ2) is 5.31. The number of aliphatic hydroxyl groups excluding tert-OH is 1. The van der Waals surface area contributed by atoms with Gasteiger partial charge >= 0.3 is 0 Å². The van der Waals surface area contributed by atoms with Gasteiger partial charge in [-0.2, -0.15) is 5.10 Å². The van der Waals surface area contributed by atoms with E-state index in [4.69, 9.17) is 0 Å². The predicted molar refractivity (Wildman–Crippen MR) is 70.2 cm³/mol. The van der Waals surface area contributed by atoms with Crippen molar-refractivity contribution in [2.24, 2.45) is 0 Å². The molecule has 0 spiro atoms. The summed E-state index contributed by atoms with van der Waals surface area (Å²) in [5.74, 6) is 0. The first-order valence-electron chi connectivity index (χ1n) is 6.21. The minimum absolute atomic E-state index is 0.344. The van der Waals surface area contributed by atoms with Crippen molar-refractivity contribution in [1.29, 1.82) is 0 Å². The average molecular weight is 245 g/mol. The van der Waals surface area contributed by atoms with Gasteiger partial charge in [0, 0.05) is 30.6 Å². The van der Waals surface area contributed by atoms with Crippen LogP contribution < -0.4 is 0 Å². The first-order chi connectivity index (χ1) is 8.56. The van der Waals surface area contributed by atoms with Crippen LogP contribution in [0.4, 0.5) is 0 Å². The molecule has 2 heterocycles. The summed E-state index contributed by atoms with van der Waals surface area (Å²) >= 11 is 0. The molecule has 96 valence electrons. The van der Waals surface area contributed by atoms with Crippen LogP contribution in [0, 0.1) is 6.92 Å². The lowest BCUT2D eigenvalue weighted by Gasteiger charge is -2.09. The molecule has 18 heavy (non-hydrogen) atoms. The van der Waals surface area contributed by atoms with Gasteiger partial charge in [-0.05, 0) is 38.5 Å². The SMILES string of the molecule is Cc1ccc(C(O)Cc2ccn(C(C)C)n2)cn1. The maximum absolute atomic E-state index is 10.1. The number of rotatable bonds is 4. The summed E-state index contributed by atoms with van der Waals surface area (Å²) in [6, 6.07) is 6.11. The molecule has 0 aromatic carbocycles. The van der Waals surface area contributed by atoms with E-state index in [1.165, 1.54) is 0 Å². The van der Waals surface area contributed by atoms with Gasteiger partial charge in [0.25, 0.3) is 0 Å². The van der Waals surface area contributed by atoms with Crippen molar-refractivity contribution in [3.63, 3.8) is 0 Å². The molecule has 0 saturated carbocycles. The zero-order valence-electron chi connectivity index (χ0n) is 11.0. The molecule has 1 atom stereocenters. The Morgan fingerprint density at radius 1 is 1.28 bits per heavy atom. The summed E-state index contributed by atoms with van der Waals surface area (Å²) in [4.78, 5) is 4.19. The van der Waals surface area contributed by atoms with E-state index < -0.39 is 6.10 Å². The number of aliphatic hydroxyl groups is 1. The number of hydrogen-bond donors (Lipinski definition) is 1. The van der Waals surface area contributed by atoms with E-state index in [-0.39, 0.29) is 0 Å². The summed E-state index contributed by atoms with van der Waals surface area (Å²) in [7, 11) is 0. The number of aromatic nitrogens is 3. The molecule has 0 bridgehead atoms. The molecular weight excluding hydrogens is 226 g/mol. The smallest absolute Gasteiger partial charge is 0.0861 e. The highest BCUT2D eigenvalue weighted by molar-refractivity contribution is 5.17. The summed E-state index contributed by atoms with van der Waals surface area (Å²) in [5, 5.41) is 14.6. The van der Waals surface area contributed by atoms with Gasteiger partial charge in [-0.1, -0.05) is 6.07 Å². The highest BCUT2D eigenvalue weighted by Gasteiger charge is 2.11. The highest BCUT2D eigenvalue weighted by Crippen LogP contribution is 2.17. The second-order valence-electron chi connectivity index (χ2n) is 4.83. The lowest BCUT2D eigenvalue weighted by molar-refractivity contribution is 0.176. The lowest BCUT2D eigenvalue weighted by atomic mass is 10.1. The van der Waals surface area contributed by atoms with Crippen molar-refractivity contribution in [2.45, 2.75) is 39.3 Å². The van der Waals surface area contributed by atoms with Gasteiger partial charge in [-0.15, -0.1) is 0 Å². The van der Waals surface area contributed by atoms with Crippen molar-refractivity contribution < 1.29 is 5.11 Å². The van der Waals surface area contributed by atoms with E-state index >= 15 is 0 Å². The Labute approximate surface area is 107 Å². The fraction of sp³-hybridized carbons (Fsp3) is 0.429. The molecule has 4 heteroatoms. The zero-order valence-corrected chi connectivity index (χ0v) is 11.0. The van der Waals surface area contributed by atoms with Crippen molar-refractivity contribution >= 4 is 0 Å². The number of pyridine rings is 1. The molecular formula is C14H19N3O. The molecule has 4 nitrogen and oxygen atoms in total. The molecule has 1 unspecified atom stereocenters. The molecule has 0 radical (unpaired) electrons. The fourth-order valence-electron chi connectivity index (χ4n) is 1.77. The molecule has 1 N–H and O–H groups in total. The Morgan fingerprint density at radius 2 is 2.06 bits per heavy atom. The maximum Gasteiger partial charge on any atom is 0.0861 e. The molecule has 2 aromatic rings. The molecule has 0 aliphatic carbocycles. The normalized spacial score (nSPS) is 12.9. The van der Waals surface area contributed by atoms with E-state index in [9.17, 15) is 5.11 Å². The molecule has 2 rings (SSSR count). The highest BCUT2D eigenvalue weighted by atomic mass is 16.3. The number of hydrogen-bond acceptors (Lipinski definition) is 3. The van der Waals surface area contributed by atoms with Crippen LogP contribution in [0.1, 0.15) is 42.9 Å². The molecule has 0 fully saturated rings. The van der Waals surface area contributed by atoms with Gasteiger partial charge in [0.2, 0.25) is 0 Å². The van der Waals surface area contributed by atoms with E-state index in [0.717, 1.165) is 17.0 Å². The van der Waals surface area contributed by atoms with Crippen LogP contribution >= 0.6 is 0 Å². The van der Waals surface area contributed by atoms with Crippen molar-refractivity contribution in [1.82, 2.24) is 14.8 Å². The Balaban J connectivity index is 2.06. The summed E-state index contributed by atoms with van der Waals surface area (Å²) < 4.78 is 1.90. The first kappa shape index (κ1) is 12.8. The zero-order chi connectivity index (χ0) is 13.1. The average Bonchev–Trinajstić information content (AvgIpc) is 2.78. The Morgan fingerprint density at radius 3 is 2.61 bits per heavy atom. The van der Waals surface area contributed by atoms with Crippen LogP contribution in [0.15, 0.2) is 30.6 Å². The van der Waals surface area contributed by atoms with E-state index in [1.54, 1.807) is 6.20 Å². The first-order valence-corrected chi connectivity index (χ1v) is 6.21. The van der Waals surface area contributed by atoms with E-state index in [1.807, 2.05) is 36.0 Å². The quantitative estimate of drug-likeness (QED) is 0.900. The van der Waals surface area contributed by atoms with Crippen LogP contribution in [0.5, 0.6) is 0 Å². The Bertz CT molecular complexity index is 502. The van der Waals surface area contributed by atoms with Gasteiger partial charge in [0.1, 0.15) is 0 Å². The van der Waals surface area contributed by atoms with Crippen LogP contribution in [-0.4, -0.2) is 19.9 Å². The minimum Gasteiger partial charge on any atom is -0.388 e. The third-order valence-corrected chi connectivity index (χ3v) is 2.91. The van der Waals surface area contributed by atoms with Gasteiger partial charge < -0.3 is 5.11 Å². The number of nitrogens with zero attached hydrogens (tertiary/aromatic N) is 3. The summed E-state index contributed by atoms with van der Waals surface area (Å²) in [6.07, 6.45) is 3.64. The van der Waals surface area contributed by atoms with Gasteiger partial charge in [0.15, 0.2) is 0 Å². The van der Waals surface area contributed by atoms with E-state index in [2.05, 4.69) is 23.9 Å². The molecule has 0 amide bonds. The van der Waals surface area contributed by atoms with Crippen molar-refractivity contribution in [3.8, 4) is 0 Å². The van der Waals surface area contributed by atoms with Crippen molar-refractivity contribution in [3.05, 3.63) is 47.5 Å². The fourth-order valence-corrected chi connectivity index (χ4v) is 1.77. The summed E-state index contributed by atoms with van der Waals surface area (Å²) in [6.45, 7) is 6.09. The predicted octanol–water partition coefficient (Wildman–Crippen LogP) is 2.44. The largest absolute Gasteiger partial charge is 0.388 e. The molecule has 0 aliphatic heterocycles.